The summed E-state index contributed by atoms with van der Waals surface area (Å²) in [5.74, 6) is -0.364. The second kappa shape index (κ2) is 4.61. The van der Waals surface area contributed by atoms with Crippen LogP contribution in [0.25, 0.3) is 0 Å². The van der Waals surface area contributed by atoms with Crippen molar-refractivity contribution >= 4 is 5.97 Å². The van der Waals surface area contributed by atoms with Gasteiger partial charge >= 0.3 is 5.97 Å². The van der Waals surface area contributed by atoms with E-state index >= 15 is 0 Å². The normalized spacial score (nSPS) is 10.0. The summed E-state index contributed by atoms with van der Waals surface area (Å²) in [6.07, 6.45) is 5.75. The lowest BCUT2D eigenvalue weighted by Crippen LogP contribution is -2.24. The number of rotatable bonds is 4. The van der Waals surface area contributed by atoms with Gasteiger partial charge in [-0.1, -0.05) is 0 Å². The minimum absolute atomic E-state index is 0.0561. The number of aromatic nitrogens is 2. The van der Waals surface area contributed by atoms with Crippen molar-refractivity contribution in [3.8, 4) is 0 Å². The number of carbonyl (C=O) groups is 1. The van der Waals surface area contributed by atoms with Gasteiger partial charge in [0.25, 0.3) is 0 Å². The molecule has 0 unspecified atom stereocenters. The zero-order valence-corrected chi connectivity index (χ0v) is 7.64. The van der Waals surface area contributed by atoms with Crippen LogP contribution in [0.2, 0.25) is 0 Å². The van der Waals surface area contributed by atoms with Crippen molar-refractivity contribution in [2.45, 2.75) is 6.54 Å². The largest absolute Gasteiger partial charge is 0.461 e. The van der Waals surface area contributed by atoms with E-state index < -0.39 is 0 Å². The van der Waals surface area contributed by atoms with Crippen molar-refractivity contribution in [2.75, 3.05) is 13.2 Å². The fourth-order valence-electron chi connectivity index (χ4n) is 0.958. The first-order valence-electron chi connectivity index (χ1n) is 4.09. The number of hydrogen-bond acceptors (Lipinski definition) is 3. The molecule has 0 aliphatic rings. The molecule has 13 heavy (non-hydrogen) atoms. The predicted octanol–water partition coefficient (Wildman–Crippen LogP) is -1.19. The number of carbonyl (C=O) groups excluding carboxylic acids is 1. The van der Waals surface area contributed by atoms with Gasteiger partial charge in [-0.25, -0.2) is 9.13 Å². The van der Waals surface area contributed by atoms with Gasteiger partial charge in [0.1, 0.15) is 25.5 Å². The van der Waals surface area contributed by atoms with E-state index in [-0.39, 0.29) is 12.5 Å². The molecule has 0 aliphatic heterocycles. The molecule has 0 radical (unpaired) electrons. The van der Waals surface area contributed by atoms with E-state index in [2.05, 4.69) is 0 Å². The molecule has 0 aliphatic carbocycles. The Morgan fingerprint density at radius 3 is 3.00 bits per heavy atom. The third kappa shape index (κ3) is 3.25. The molecule has 1 rings (SSSR count). The van der Waals surface area contributed by atoms with Crippen molar-refractivity contribution in [2.24, 2.45) is 12.8 Å². The van der Waals surface area contributed by atoms with Crippen LogP contribution >= 0.6 is 0 Å². The van der Waals surface area contributed by atoms with Gasteiger partial charge in [0.15, 0.2) is 0 Å². The maximum atomic E-state index is 10.6. The molecular weight excluding hydrogens is 170 g/mol. The Balaban J connectivity index is 2.24. The number of nitrogens with zero attached hydrogens (tertiary/aromatic N) is 2. The molecule has 0 fully saturated rings. The number of esters is 1. The summed E-state index contributed by atoms with van der Waals surface area (Å²) in [6.45, 7) is 0.969. The molecule has 0 amide bonds. The maximum absolute atomic E-state index is 10.6. The zero-order valence-electron chi connectivity index (χ0n) is 7.64. The highest BCUT2D eigenvalue weighted by atomic mass is 16.5. The van der Waals surface area contributed by atoms with Gasteiger partial charge in [-0.05, 0) is 0 Å². The van der Waals surface area contributed by atoms with E-state index in [1.807, 2.05) is 34.9 Å². The van der Waals surface area contributed by atoms with Crippen LogP contribution in [0, 0.1) is 0 Å². The summed E-state index contributed by atoms with van der Waals surface area (Å²) in [4.78, 5) is 10.6. The van der Waals surface area contributed by atoms with Gasteiger partial charge in [0, 0.05) is 0 Å². The molecule has 1 aromatic heterocycles. The smallest absolute Gasteiger partial charge is 0.319 e. The Labute approximate surface area is 76.7 Å². The van der Waals surface area contributed by atoms with E-state index in [1.54, 1.807) is 0 Å². The van der Waals surface area contributed by atoms with Crippen molar-refractivity contribution < 1.29 is 14.1 Å². The number of aryl methyl sites for hydroxylation is 1. The lowest BCUT2D eigenvalue weighted by Gasteiger charge is -1.99. The minimum atomic E-state index is -0.364. The molecule has 2 N–H and O–H groups in total. The van der Waals surface area contributed by atoms with Gasteiger partial charge in [-0.2, -0.15) is 0 Å². The van der Waals surface area contributed by atoms with E-state index in [9.17, 15) is 4.79 Å². The lowest BCUT2D eigenvalue weighted by molar-refractivity contribution is -0.671. The topological polar surface area (TPSA) is 61.1 Å². The Kier molecular flexibility index (Phi) is 3.45. The first-order chi connectivity index (χ1) is 6.22. The first kappa shape index (κ1) is 9.73. The van der Waals surface area contributed by atoms with Crippen LogP contribution in [0.4, 0.5) is 0 Å². The van der Waals surface area contributed by atoms with Crippen molar-refractivity contribution in [1.29, 1.82) is 0 Å². The third-order valence-corrected chi connectivity index (χ3v) is 1.60. The van der Waals surface area contributed by atoms with Gasteiger partial charge in [0.05, 0.1) is 13.6 Å². The van der Waals surface area contributed by atoms with Crippen molar-refractivity contribution in [3.63, 3.8) is 0 Å². The van der Waals surface area contributed by atoms with Crippen LogP contribution in [0.1, 0.15) is 0 Å². The highest BCUT2D eigenvalue weighted by molar-refractivity contribution is 5.71. The van der Waals surface area contributed by atoms with Crippen LogP contribution < -0.4 is 10.3 Å². The number of nitrogens with two attached hydrogens (primary N) is 1. The second-order valence-corrected chi connectivity index (χ2v) is 2.74. The summed E-state index contributed by atoms with van der Waals surface area (Å²) >= 11 is 0. The quantitative estimate of drug-likeness (QED) is 0.473. The summed E-state index contributed by atoms with van der Waals surface area (Å²) in [6, 6.07) is 0. The predicted molar refractivity (Wildman–Crippen MR) is 45.6 cm³/mol. The summed E-state index contributed by atoms with van der Waals surface area (Å²) in [7, 11) is 1.93. The average Bonchev–Trinajstić information content (AvgIpc) is 2.51. The lowest BCUT2D eigenvalue weighted by atomic mass is 10.6. The molecule has 72 valence electrons. The Hall–Kier alpha value is -1.36. The standard InChI is InChI=1S/C8H14N3O2/c1-10-2-3-11(7-10)4-5-13-8(12)6-9/h2-3,7H,4-6,9H2,1H3/q+1. The fourth-order valence-corrected chi connectivity index (χ4v) is 0.958. The zero-order chi connectivity index (χ0) is 9.68. The van der Waals surface area contributed by atoms with Crippen LogP contribution in [0.5, 0.6) is 0 Å². The van der Waals surface area contributed by atoms with E-state index in [4.69, 9.17) is 10.5 Å². The molecule has 1 heterocycles. The van der Waals surface area contributed by atoms with Crippen molar-refractivity contribution in [3.05, 3.63) is 18.7 Å². The molecule has 0 bridgehead atoms. The van der Waals surface area contributed by atoms with E-state index in [0.717, 1.165) is 0 Å². The highest BCUT2D eigenvalue weighted by Crippen LogP contribution is 1.85. The van der Waals surface area contributed by atoms with Crippen LogP contribution in [-0.2, 0) is 23.1 Å². The monoisotopic (exact) mass is 184 g/mol. The molecule has 1 aromatic rings. The maximum Gasteiger partial charge on any atom is 0.319 e. The Morgan fingerprint density at radius 2 is 2.46 bits per heavy atom. The highest BCUT2D eigenvalue weighted by Gasteiger charge is 2.02. The Morgan fingerprint density at radius 1 is 1.69 bits per heavy atom. The molecule has 0 spiro atoms. The third-order valence-electron chi connectivity index (χ3n) is 1.60. The van der Waals surface area contributed by atoms with Gasteiger partial charge < -0.3 is 10.5 Å². The summed E-state index contributed by atoms with van der Waals surface area (Å²) in [5.41, 5.74) is 5.07. The average molecular weight is 184 g/mol. The number of hydrogen-bond donors (Lipinski definition) is 1. The first-order valence-corrected chi connectivity index (χ1v) is 4.09. The summed E-state index contributed by atoms with van der Waals surface area (Å²) < 4.78 is 8.67. The second-order valence-electron chi connectivity index (χ2n) is 2.74. The molecule has 0 aromatic carbocycles. The van der Waals surface area contributed by atoms with Crippen LogP contribution in [0.15, 0.2) is 18.7 Å². The minimum Gasteiger partial charge on any atom is -0.461 e. The molecular formula is C8H14N3O2+. The van der Waals surface area contributed by atoms with Gasteiger partial charge in [0.2, 0.25) is 6.33 Å². The molecule has 0 saturated heterocycles. The van der Waals surface area contributed by atoms with Crippen LogP contribution in [0.3, 0.4) is 0 Å². The molecule has 0 atom stereocenters. The van der Waals surface area contributed by atoms with Gasteiger partial charge in [-0.3, -0.25) is 4.79 Å². The molecule has 5 nitrogen and oxygen atoms in total. The van der Waals surface area contributed by atoms with Crippen LogP contribution in [-0.4, -0.2) is 23.7 Å². The van der Waals surface area contributed by atoms with Crippen molar-refractivity contribution in [1.82, 2.24) is 4.57 Å². The molecule has 5 heteroatoms. The Bertz CT molecular complexity index is 283. The number of ether oxygens (including phenoxy) is 1. The summed E-state index contributed by atoms with van der Waals surface area (Å²) in [5, 5.41) is 0. The SMILES string of the molecule is C[n+]1ccn(CCOC(=O)CN)c1. The fraction of sp³-hybridized carbons (Fsp3) is 0.500. The number of imidazole rings is 1. The van der Waals surface area contributed by atoms with E-state index in [0.29, 0.717) is 13.2 Å². The van der Waals surface area contributed by atoms with Gasteiger partial charge in [-0.15, -0.1) is 0 Å². The molecule has 0 saturated carbocycles. The van der Waals surface area contributed by atoms with E-state index in [1.165, 1.54) is 0 Å².